The SMILES string of the molecule is CO[SiH]([CH]CCC(F)(F)F)OC. The van der Waals surface area contributed by atoms with Crippen LogP contribution in [0.5, 0.6) is 0 Å². The molecule has 0 amide bonds. The van der Waals surface area contributed by atoms with Gasteiger partial charge in [-0.05, 0) is 6.42 Å². The molecule has 0 N–H and O–H groups in total. The van der Waals surface area contributed by atoms with Crippen molar-refractivity contribution in [2.75, 3.05) is 14.2 Å². The molecular weight excluding hydrogens is 189 g/mol. The molecule has 0 rings (SSSR count). The summed E-state index contributed by atoms with van der Waals surface area (Å²) in [6.45, 7) is 0. The van der Waals surface area contributed by atoms with Crippen molar-refractivity contribution in [3.05, 3.63) is 6.04 Å². The summed E-state index contributed by atoms with van der Waals surface area (Å²) in [5.74, 6) is 0. The Bertz CT molecular complexity index is 114. The second-order valence-corrected chi connectivity index (χ2v) is 4.38. The highest BCUT2D eigenvalue weighted by Gasteiger charge is 2.27. The largest absolute Gasteiger partial charge is 0.400 e. The van der Waals surface area contributed by atoms with Crippen molar-refractivity contribution in [2.45, 2.75) is 19.0 Å². The Kier molecular flexibility index (Phi) is 5.52. The van der Waals surface area contributed by atoms with Gasteiger partial charge in [0.25, 0.3) is 0 Å². The fraction of sp³-hybridized carbons (Fsp3) is 0.833. The van der Waals surface area contributed by atoms with Crippen LogP contribution in [0.3, 0.4) is 0 Å². The van der Waals surface area contributed by atoms with E-state index in [0.29, 0.717) is 0 Å². The van der Waals surface area contributed by atoms with Gasteiger partial charge < -0.3 is 8.85 Å². The molecule has 0 aromatic rings. The van der Waals surface area contributed by atoms with Crippen LogP contribution in [0.2, 0.25) is 0 Å². The third-order valence-electron chi connectivity index (χ3n) is 1.25. The summed E-state index contributed by atoms with van der Waals surface area (Å²) in [6.07, 6.45) is -4.91. The number of alkyl halides is 3. The molecule has 1 radical (unpaired) electrons. The summed E-state index contributed by atoms with van der Waals surface area (Å²) in [7, 11) is 0.963. The monoisotopic (exact) mass is 201 g/mol. The van der Waals surface area contributed by atoms with Gasteiger partial charge in [0.2, 0.25) is 0 Å². The molecule has 0 aromatic carbocycles. The first-order chi connectivity index (χ1) is 5.49. The average Bonchev–Trinajstić information content (AvgIpc) is 1.96. The summed E-state index contributed by atoms with van der Waals surface area (Å²) < 4.78 is 44.5. The second-order valence-electron chi connectivity index (χ2n) is 2.23. The highest BCUT2D eigenvalue weighted by Crippen LogP contribution is 2.22. The summed E-state index contributed by atoms with van der Waals surface area (Å²) in [5.41, 5.74) is 0. The van der Waals surface area contributed by atoms with Gasteiger partial charge in [-0.25, -0.2) is 0 Å². The van der Waals surface area contributed by atoms with E-state index in [1.165, 1.54) is 20.3 Å². The van der Waals surface area contributed by atoms with Crippen molar-refractivity contribution in [3.8, 4) is 0 Å². The average molecular weight is 201 g/mol. The lowest BCUT2D eigenvalue weighted by atomic mass is 10.3. The highest BCUT2D eigenvalue weighted by molar-refractivity contribution is 6.48. The van der Waals surface area contributed by atoms with E-state index in [4.69, 9.17) is 8.85 Å². The molecule has 0 spiro atoms. The van der Waals surface area contributed by atoms with Gasteiger partial charge in [-0.2, -0.15) is 13.2 Å². The van der Waals surface area contributed by atoms with Crippen LogP contribution >= 0.6 is 0 Å². The minimum absolute atomic E-state index is 0.0257. The molecule has 0 fully saturated rings. The van der Waals surface area contributed by atoms with Crippen molar-refractivity contribution in [2.24, 2.45) is 0 Å². The Morgan fingerprint density at radius 3 is 2.08 bits per heavy atom. The van der Waals surface area contributed by atoms with E-state index in [0.717, 1.165) is 0 Å². The molecule has 0 aliphatic carbocycles. The number of halogens is 3. The second kappa shape index (κ2) is 5.55. The van der Waals surface area contributed by atoms with Gasteiger partial charge in [-0.1, -0.05) is 0 Å². The Hall–Kier alpha value is -0.0731. The molecule has 0 saturated heterocycles. The van der Waals surface area contributed by atoms with Crippen LogP contribution in [-0.2, 0) is 8.85 Å². The first-order valence-corrected chi connectivity index (χ1v) is 5.06. The molecule has 0 saturated carbocycles. The van der Waals surface area contributed by atoms with Crippen molar-refractivity contribution in [1.29, 1.82) is 0 Å². The van der Waals surface area contributed by atoms with Crippen LogP contribution < -0.4 is 0 Å². The Balaban J connectivity index is 3.41. The van der Waals surface area contributed by atoms with E-state index in [-0.39, 0.29) is 6.42 Å². The Morgan fingerprint density at radius 2 is 1.75 bits per heavy atom. The van der Waals surface area contributed by atoms with E-state index in [1.54, 1.807) is 0 Å². The maximum atomic E-state index is 11.6. The number of rotatable bonds is 5. The summed E-state index contributed by atoms with van der Waals surface area (Å²) in [6, 6.07) is 1.48. The quantitative estimate of drug-likeness (QED) is 0.629. The van der Waals surface area contributed by atoms with Gasteiger partial charge in [0, 0.05) is 26.7 Å². The van der Waals surface area contributed by atoms with E-state index >= 15 is 0 Å². The van der Waals surface area contributed by atoms with Crippen molar-refractivity contribution in [1.82, 2.24) is 0 Å². The molecule has 0 unspecified atom stereocenters. The van der Waals surface area contributed by atoms with Gasteiger partial charge in [0.15, 0.2) is 0 Å². The van der Waals surface area contributed by atoms with E-state index in [9.17, 15) is 13.2 Å². The number of hydrogen-bond acceptors (Lipinski definition) is 2. The van der Waals surface area contributed by atoms with Crippen LogP contribution in [0.15, 0.2) is 0 Å². The smallest absolute Gasteiger partial charge is 0.389 e. The Labute approximate surface area is 71.5 Å². The van der Waals surface area contributed by atoms with Gasteiger partial charge in [0.1, 0.15) is 0 Å². The zero-order chi connectivity index (χ0) is 9.61. The molecular formula is C6H12F3O2Si. The first-order valence-electron chi connectivity index (χ1n) is 3.45. The fourth-order valence-electron chi connectivity index (χ4n) is 0.672. The predicted octanol–water partition coefficient (Wildman–Crippen LogP) is 1.59. The summed E-state index contributed by atoms with van der Waals surface area (Å²) >= 11 is 0. The van der Waals surface area contributed by atoms with Crippen LogP contribution in [0, 0.1) is 6.04 Å². The minimum Gasteiger partial charge on any atom is -0.400 e. The molecule has 0 heterocycles. The molecule has 0 aliphatic rings. The third kappa shape index (κ3) is 6.63. The zero-order valence-electron chi connectivity index (χ0n) is 7.02. The van der Waals surface area contributed by atoms with Crippen LogP contribution in [0.25, 0.3) is 0 Å². The van der Waals surface area contributed by atoms with Crippen molar-refractivity contribution < 1.29 is 22.0 Å². The molecule has 0 bridgehead atoms. The Morgan fingerprint density at radius 1 is 1.25 bits per heavy atom. The highest BCUT2D eigenvalue weighted by atomic mass is 28.3. The standard InChI is InChI=1S/C6H12F3O2Si/c1-10-12(11-2)5-3-4-6(7,8)9/h5,12H,3-4H2,1-2H3. The molecule has 12 heavy (non-hydrogen) atoms. The van der Waals surface area contributed by atoms with Crippen LogP contribution in [0.1, 0.15) is 12.8 Å². The predicted molar refractivity (Wildman–Crippen MR) is 40.8 cm³/mol. The van der Waals surface area contributed by atoms with E-state index in [1.807, 2.05) is 0 Å². The lowest BCUT2D eigenvalue weighted by Crippen LogP contribution is -2.21. The van der Waals surface area contributed by atoms with Gasteiger partial charge in [0.05, 0.1) is 0 Å². The fourth-order valence-corrected chi connectivity index (χ4v) is 1.69. The van der Waals surface area contributed by atoms with Crippen LogP contribution in [0.4, 0.5) is 13.2 Å². The van der Waals surface area contributed by atoms with Crippen LogP contribution in [-0.4, -0.2) is 29.7 Å². The van der Waals surface area contributed by atoms with E-state index < -0.39 is 21.9 Å². The van der Waals surface area contributed by atoms with Gasteiger partial charge >= 0.3 is 15.5 Å². The summed E-state index contributed by atoms with van der Waals surface area (Å²) in [5, 5.41) is 0. The molecule has 0 aromatic heterocycles. The molecule has 0 aliphatic heterocycles. The topological polar surface area (TPSA) is 18.5 Å². The molecule has 2 nitrogen and oxygen atoms in total. The lowest BCUT2D eigenvalue weighted by molar-refractivity contribution is -0.133. The van der Waals surface area contributed by atoms with Gasteiger partial charge in [-0.3, -0.25) is 0 Å². The van der Waals surface area contributed by atoms with Crippen molar-refractivity contribution >= 4 is 9.28 Å². The number of hydrogen-bond donors (Lipinski definition) is 0. The normalized spacial score (nSPS) is 12.5. The minimum atomic E-state index is -4.09. The van der Waals surface area contributed by atoms with Gasteiger partial charge in [-0.15, -0.1) is 0 Å². The van der Waals surface area contributed by atoms with E-state index in [2.05, 4.69) is 0 Å². The third-order valence-corrected chi connectivity index (χ3v) is 2.90. The van der Waals surface area contributed by atoms with Crippen molar-refractivity contribution in [3.63, 3.8) is 0 Å². The lowest BCUT2D eigenvalue weighted by Gasteiger charge is -2.10. The zero-order valence-corrected chi connectivity index (χ0v) is 8.17. The molecule has 73 valence electrons. The first kappa shape index (κ1) is 11.9. The summed E-state index contributed by atoms with van der Waals surface area (Å²) in [4.78, 5) is 0. The maximum absolute atomic E-state index is 11.6. The molecule has 0 atom stereocenters. The maximum Gasteiger partial charge on any atom is 0.389 e. The molecule has 6 heteroatoms.